The zero-order valence-corrected chi connectivity index (χ0v) is 15.5. The Labute approximate surface area is 157 Å². The maximum atomic E-state index is 12.3. The Morgan fingerprint density at radius 1 is 1.14 bits per heavy atom. The standard InChI is InChI=1S/C16H19N5O7/c1-19-13(17)12(14(24)20(2)16(19)26)10(22)8-28-15(25)9-4-5-11(23)21(18-9)6-7-27-3/h4-5H,6-8,17H2,1-3H3. The zero-order valence-electron chi connectivity index (χ0n) is 15.5. The first kappa shape index (κ1) is 20.8. The molecular weight excluding hydrogens is 374 g/mol. The lowest BCUT2D eigenvalue weighted by Gasteiger charge is -2.11. The molecule has 2 N–H and O–H groups in total. The molecule has 0 unspecified atom stereocenters. The summed E-state index contributed by atoms with van der Waals surface area (Å²) in [5.74, 6) is -2.19. The molecule has 12 nitrogen and oxygen atoms in total. The highest BCUT2D eigenvalue weighted by Gasteiger charge is 2.22. The van der Waals surface area contributed by atoms with Gasteiger partial charge in [0, 0.05) is 27.3 Å². The first-order valence-electron chi connectivity index (χ1n) is 8.02. The summed E-state index contributed by atoms with van der Waals surface area (Å²) in [6.45, 7) is -0.464. The average molecular weight is 393 g/mol. The lowest BCUT2D eigenvalue weighted by Crippen LogP contribution is -2.42. The van der Waals surface area contributed by atoms with E-state index in [9.17, 15) is 24.0 Å². The van der Waals surface area contributed by atoms with Crippen LogP contribution in [0.5, 0.6) is 0 Å². The van der Waals surface area contributed by atoms with Crippen LogP contribution in [0.2, 0.25) is 0 Å². The number of esters is 1. The van der Waals surface area contributed by atoms with E-state index in [-0.39, 0.29) is 24.7 Å². The van der Waals surface area contributed by atoms with Gasteiger partial charge in [-0.2, -0.15) is 5.10 Å². The molecular formula is C16H19N5O7. The number of carbonyl (C=O) groups excluding carboxylic acids is 2. The van der Waals surface area contributed by atoms with Crippen molar-refractivity contribution >= 4 is 17.6 Å². The number of anilines is 1. The van der Waals surface area contributed by atoms with Crippen molar-refractivity contribution in [1.82, 2.24) is 18.9 Å². The molecule has 0 aliphatic heterocycles. The van der Waals surface area contributed by atoms with Gasteiger partial charge >= 0.3 is 11.7 Å². The molecule has 0 saturated carbocycles. The summed E-state index contributed by atoms with van der Waals surface area (Å²) in [7, 11) is 3.94. The summed E-state index contributed by atoms with van der Waals surface area (Å²) >= 11 is 0. The number of nitrogens with zero attached hydrogens (tertiary/aromatic N) is 4. The highest BCUT2D eigenvalue weighted by molar-refractivity contribution is 6.02. The molecule has 12 heteroatoms. The Balaban J connectivity index is 2.20. The molecule has 0 fully saturated rings. The largest absolute Gasteiger partial charge is 0.453 e. The quantitative estimate of drug-likeness (QED) is 0.411. The molecule has 0 radical (unpaired) electrons. The molecule has 0 aromatic carbocycles. The number of hydrogen-bond donors (Lipinski definition) is 1. The third kappa shape index (κ3) is 4.06. The highest BCUT2D eigenvalue weighted by atomic mass is 16.5. The fraction of sp³-hybridized carbons (Fsp3) is 0.375. The number of Topliss-reactive ketones (excluding diaryl/α,β-unsaturated/α-hetero) is 1. The third-order valence-corrected chi connectivity index (χ3v) is 3.91. The molecule has 0 aliphatic carbocycles. The van der Waals surface area contributed by atoms with E-state index in [1.165, 1.54) is 21.2 Å². The smallest absolute Gasteiger partial charge is 0.359 e. The van der Waals surface area contributed by atoms with Crippen LogP contribution in [0.3, 0.4) is 0 Å². The summed E-state index contributed by atoms with van der Waals surface area (Å²) < 4.78 is 12.4. The summed E-state index contributed by atoms with van der Waals surface area (Å²) in [5.41, 5.74) is 2.98. The Kier molecular flexibility index (Phi) is 6.26. The number of ketones is 1. The Morgan fingerprint density at radius 3 is 2.46 bits per heavy atom. The van der Waals surface area contributed by atoms with E-state index in [1.807, 2.05) is 0 Å². The second-order valence-electron chi connectivity index (χ2n) is 5.74. The molecule has 0 bridgehead atoms. The number of hydrogen-bond acceptors (Lipinski definition) is 9. The van der Waals surface area contributed by atoms with Crippen LogP contribution in [0.25, 0.3) is 0 Å². The molecule has 0 amide bonds. The molecule has 28 heavy (non-hydrogen) atoms. The minimum Gasteiger partial charge on any atom is -0.453 e. The number of nitrogens with two attached hydrogens (primary N) is 1. The number of methoxy groups -OCH3 is 1. The van der Waals surface area contributed by atoms with Gasteiger partial charge in [-0.1, -0.05) is 0 Å². The van der Waals surface area contributed by atoms with Crippen molar-refractivity contribution in [2.24, 2.45) is 14.1 Å². The first-order valence-corrected chi connectivity index (χ1v) is 8.02. The van der Waals surface area contributed by atoms with E-state index < -0.39 is 40.7 Å². The molecule has 2 heterocycles. The van der Waals surface area contributed by atoms with Gasteiger partial charge < -0.3 is 15.2 Å². The van der Waals surface area contributed by atoms with Crippen LogP contribution in [0.1, 0.15) is 20.8 Å². The zero-order chi connectivity index (χ0) is 21.0. The van der Waals surface area contributed by atoms with Gasteiger partial charge in [0.2, 0.25) is 5.78 Å². The second-order valence-corrected chi connectivity index (χ2v) is 5.74. The molecule has 150 valence electrons. The average Bonchev–Trinajstić information content (AvgIpc) is 2.68. The summed E-state index contributed by atoms with van der Waals surface area (Å²) in [6, 6.07) is 2.28. The van der Waals surface area contributed by atoms with Crippen molar-refractivity contribution in [3.63, 3.8) is 0 Å². The van der Waals surface area contributed by atoms with Gasteiger partial charge in [0.15, 0.2) is 12.3 Å². The normalized spacial score (nSPS) is 10.7. The molecule has 0 aliphatic rings. The van der Waals surface area contributed by atoms with E-state index in [1.54, 1.807) is 0 Å². The lowest BCUT2D eigenvalue weighted by atomic mass is 10.2. The molecule has 2 aromatic heterocycles. The second kappa shape index (κ2) is 8.43. The van der Waals surface area contributed by atoms with E-state index in [0.29, 0.717) is 0 Å². The van der Waals surface area contributed by atoms with Crippen LogP contribution in [0.15, 0.2) is 26.5 Å². The molecule has 0 atom stereocenters. The van der Waals surface area contributed by atoms with Crippen molar-refractivity contribution in [3.05, 3.63) is 54.6 Å². The molecule has 2 rings (SSSR count). The van der Waals surface area contributed by atoms with Crippen molar-refractivity contribution in [1.29, 1.82) is 0 Å². The van der Waals surface area contributed by atoms with Crippen molar-refractivity contribution < 1.29 is 19.1 Å². The lowest BCUT2D eigenvalue weighted by molar-refractivity contribution is 0.0465. The Hall–Kier alpha value is -3.54. The fourth-order valence-electron chi connectivity index (χ4n) is 2.29. The number of rotatable bonds is 7. The van der Waals surface area contributed by atoms with E-state index in [0.717, 1.165) is 25.9 Å². The van der Waals surface area contributed by atoms with Crippen LogP contribution in [-0.2, 0) is 30.1 Å². The number of ether oxygens (including phenoxy) is 2. The van der Waals surface area contributed by atoms with Crippen LogP contribution < -0.4 is 22.5 Å². The number of nitrogen functional groups attached to an aromatic ring is 1. The van der Waals surface area contributed by atoms with Crippen LogP contribution in [-0.4, -0.2) is 51.0 Å². The first-order chi connectivity index (χ1) is 13.2. The van der Waals surface area contributed by atoms with Crippen LogP contribution in [0, 0.1) is 0 Å². The summed E-state index contributed by atoms with van der Waals surface area (Å²) in [6.07, 6.45) is 0. The predicted molar refractivity (Wildman–Crippen MR) is 96.3 cm³/mol. The van der Waals surface area contributed by atoms with E-state index in [2.05, 4.69) is 5.10 Å². The van der Waals surface area contributed by atoms with E-state index in [4.69, 9.17) is 15.2 Å². The molecule has 0 saturated heterocycles. The van der Waals surface area contributed by atoms with E-state index >= 15 is 0 Å². The van der Waals surface area contributed by atoms with Crippen LogP contribution in [0.4, 0.5) is 5.82 Å². The van der Waals surface area contributed by atoms with Crippen molar-refractivity contribution in [2.45, 2.75) is 6.54 Å². The Morgan fingerprint density at radius 2 is 1.82 bits per heavy atom. The monoisotopic (exact) mass is 393 g/mol. The maximum Gasteiger partial charge on any atom is 0.359 e. The minimum absolute atomic E-state index is 0.125. The fourth-order valence-corrected chi connectivity index (χ4v) is 2.29. The highest BCUT2D eigenvalue weighted by Crippen LogP contribution is 2.05. The van der Waals surface area contributed by atoms with Crippen molar-refractivity contribution in [2.75, 3.05) is 26.1 Å². The van der Waals surface area contributed by atoms with Gasteiger partial charge in [0.25, 0.3) is 11.1 Å². The van der Waals surface area contributed by atoms with Crippen LogP contribution >= 0.6 is 0 Å². The van der Waals surface area contributed by atoms with Gasteiger partial charge in [-0.3, -0.25) is 23.5 Å². The van der Waals surface area contributed by atoms with Gasteiger partial charge in [0.05, 0.1) is 13.2 Å². The summed E-state index contributed by atoms with van der Waals surface area (Å²) in [5, 5.41) is 3.84. The third-order valence-electron chi connectivity index (χ3n) is 3.91. The van der Waals surface area contributed by atoms with Gasteiger partial charge in [-0.05, 0) is 6.07 Å². The predicted octanol–water partition coefficient (Wildman–Crippen LogP) is -2.09. The Bertz CT molecular complexity index is 1100. The van der Waals surface area contributed by atoms with Crippen molar-refractivity contribution in [3.8, 4) is 0 Å². The van der Waals surface area contributed by atoms with Gasteiger partial charge in [-0.15, -0.1) is 0 Å². The topological polar surface area (TPSA) is 158 Å². The SMILES string of the molecule is COCCn1nc(C(=O)OCC(=O)c2c(N)n(C)c(=O)n(C)c2=O)ccc1=O. The van der Waals surface area contributed by atoms with Gasteiger partial charge in [-0.25, -0.2) is 14.3 Å². The maximum absolute atomic E-state index is 12.3. The molecule has 0 spiro atoms. The van der Waals surface area contributed by atoms with Gasteiger partial charge in [0.1, 0.15) is 11.4 Å². The number of aromatic nitrogens is 4. The molecule has 2 aromatic rings. The number of carbonyl (C=O) groups is 2. The summed E-state index contributed by atoms with van der Waals surface area (Å²) in [4.78, 5) is 60.0. The minimum atomic E-state index is -0.972.